The molecule has 1 saturated carbocycles. The van der Waals surface area contributed by atoms with Gasteiger partial charge in [0.2, 0.25) is 0 Å². The highest BCUT2D eigenvalue weighted by molar-refractivity contribution is 5.26. The Labute approximate surface area is 112 Å². The summed E-state index contributed by atoms with van der Waals surface area (Å²) in [7, 11) is 2.16. The van der Waals surface area contributed by atoms with Gasteiger partial charge in [-0.25, -0.2) is 0 Å². The first-order valence-electron chi connectivity index (χ1n) is 7.44. The Morgan fingerprint density at radius 3 is 2.61 bits per heavy atom. The third-order valence-electron chi connectivity index (χ3n) is 4.80. The second kappa shape index (κ2) is 5.92. The molecule has 1 fully saturated rings. The van der Waals surface area contributed by atoms with Crippen LogP contribution < -0.4 is 5.32 Å². The van der Waals surface area contributed by atoms with Gasteiger partial charge >= 0.3 is 0 Å². The molecule has 0 saturated heterocycles. The Bertz CT molecular complexity index is 392. The van der Waals surface area contributed by atoms with Gasteiger partial charge in [0.05, 0.1) is 0 Å². The van der Waals surface area contributed by atoms with E-state index in [1.54, 1.807) is 0 Å². The minimum atomic E-state index is 0.715. The number of rotatable bonds is 3. The van der Waals surface area contributed by atoms with Crippen LogP contribution in [0.25, 0.3) is 0 Å². The van der Waals surface area contributed by atoms with Crippen LogP contribution in [0, 0.1) is 19.8 Å². The van der Waals surface area contributed by atoms with E-state index in [0.717, 1.165) is 12.5 Å². The van der Waals surface area contributed by atoms with E-state index in [1.165, 1.54) is 49.1 Å². The Hall–Kier alpha value is -0.760. The van der Waals surface area contributed by atoms with Crippen molar-refractivity contribution in [2.24, 2.45) is 13.0 Å². The van der Waals surface area contributed by atoms with Crippen molar-refractivity contribution in [2.75, 3.05) is 0 Å². The Morgan fingerprint density at radius 1 is 1.22 bits per heavy atom. The highest BCUT2D eigenvalue weighted by Gasteiger charge is 2.19. The van der Waals surface area contributed by atoms with Gasteiger partial charge in [-0.15, -0.1) is 0 Å². The molecule has 0 radical (unpaired) electrons. The summed E-state index contributed by atoms with van der Waals surface area (Å²) < 4.78 is 2.29. The van der Waals surface area contributed by atoms with Crippen LogP contribution in [-0.4, -0.2) is 10.6 Å². The number of aryl methyl sites for hydroxylation is 1. The van der Waals surface area contributed by atoms with Crippen molar-refractivity contribution >= 4 is 0 Å². The van der Waals surface area contributed by atoms with Crippen molar-refractivity contribution in [1.82, 2.24) is 9.88 Å². The van der Waals surface area contributed by atoms with Gasteiger partial charge in [-0.3, -0.25) is 0 Å². The van der Waals surface area contributed by atoms with Crippen molar-refractivity contribution in [3.8, 4) is 0 Å². The smallest absolute Gasteiger partial charge is 0.0226 e. The molecule has 2 unspecified atom stereocenters. The van der Waals surface area contributed by atoms with E-state index in [4.69, 9.17) is 0 Å². The fourth-order valence-corrected chi connectivity index (χ4v) is 3.15. The molecule has 2 nitrogen and oxygen atoms in total. The molecule has 1 N–H and O–H groups in total. The van der Waals surface area contributed by atoms with Crippen LogP contribution in [0.1, 0.15) is 56.0 Å². The monoisotopic (exact) mass is 248 g/mol. The molecule has 1 aromatic rings. The first-order chi connectivity index (χ1) is 8.59. The molecular formula is C16H28N2. The van der Waals surface area contributed by atoms with Crippen LogP contribution in [0.5, 0.6) is 0 Å². The van der Waals surface area contributed by atoms with E-state index in [2.05, 4.69) is 43.8 Å². The van der Waals surface area contributed by atoms with Crippen LogP contribution >= 0.6 is 0 Å². The third-order valence-corrected chi connectivity index (χ3v) is 4.80. The summed E-state index contributed by atoms with van der Waals surface area (Å²) >= 11 is 0. The van der Waals surface area contributed by atoms with Gasteiger partial charge in [0, 0.05) is 31.0 Å². The van der Waals surface area contributed by atoms with Crippen LogP contribution in [-0.2, 0) is 13.6 Å². The SMILES string of the molecule is Cc1cc(CNC2CCCCCC2C)c(C)n1C. The maximum Gasteiger partial charge on any atom is 0.0226 e. The average Bonchev–Trinajstić information content (AvgIpc) is 2.54. The third kappa shape index (κ3) is 2.97. The van der Waals surface area contributed by atoms with E-state index >= 15 is 0 Å². The molecule has 0 bridgehead atoms. The van der Waals surface area contributed by atoms with Crippen LogP contribution in [0.4, 0.5) is 0 Å². The highest BCUT2D eigenvalue weighted by Crippen LogP contribution is 2.23. The molecule has 1 aromatic heterocycles. The lowest BCUT2D eigenvalue weighted by molar-refractivity contribution is 0.356. The maximum absolute atomic E-state index is 3.80. The minimum Gasteiger partial charge on any atom is -0.352 e. The Kier molecular flexibility index (Phi) is 4.50. The molecule has 0 amide bonds. The van der Waals surface area contributed by atoms with Crippen molar-refractivity contribution in [3.05, 3.63) is 23.0 Å². The average molecular weight is 248 g/mol. The number of nitrogens with one attached hydrogen (secondary N) is 1. The lowest BCUT2D eigenvalue weighted by Gasteiger charge is -2.23. The van der Waals surface area contributed by atoms with E-state index in [9.17, 15) is 0 Å². The molecule has 2 rings (SSSR count). The maximum atomic E-state index is 3.80. The predicted octanol–water partition coefficient (Wildman–Crippen LogP) is 3.70. The zero-order valence-electron chi connectivity index (χ0n) is 12.4. The van der Waals surface area contributed by atoms with E-state index in [1.807, 2.05) is 0 Å². The van der Waals surface area contributed by atoms with Crippen LogP contribution in [0.15, 0.2) is 6.07 Å². The molecule has 0 aromatic carbocycles. The quantitative estimate of drug-likeness (QED) is 0.807. The van der Waals surface area contributed by atoms with Crippen molar-refractivity contribution < 1.29 is 0 Å². The molecule has 2 heteroatoms. The molecule has 2 atom stereocenters. The molecule has 18 heavy (non-hydrogen) atoms. The zero-order chi connectivity index (χ0) is 13.1. The molecule has 0 aliphatic heterocycles. The lowest BCUT2D eigenvalue weighted by Crippen LogP contribution is -2.33. The molecule has 102 valence electrons. The zero-order valence-corrected chi connectivity index (χ0v) is 12.4. The van der Waals surface area contributed by atoms with Gasteiger partial charge in [0.1, 0.15) is 0 Å². The van der Waals surface area contributed by atoms with E-state index in [0.29, 0.717) is 6.04 Å². The number of aromatic nitrogens is 1. The standard InChI is InChI=1S/C16H28N2/c1-12-8-6-5-7-9-16(12)17-11-15-10-13(2)18(4)14(15)3/h10,12,16-17H,5-9,11H2,1-4H3. The molecule has 1 aliphatic carbocycles. The first-order valence-corrected chi connectivity index (χ1v) is 7.44. The summed E-state index contributed by atoms with van der Waals surface area (Å²) in [6, 6.07) is 3.04. The summed E-state index contributed by atoms with van der Waals surface area (Å²) in [5.41, 5.74) is 4.23. The Balaban J connectivity index is 1.95. The minimum absolute atomic E-state index is 0.715. The van der Waals surface area contributed by atoms with Crippen molar-refractivity contribution in [1.29, 1.82) is 0 Å². The van der Waals surface area contributed by atoms with E-state index < -0.39 is 0 Å². The summed E-state index contributed by atoms with van der Waals surface area (Å²) in [6.45, 7) is 7.85. The largest absolute Gasteiger partial charge is 0.352 e. The van der Waals surface area contributed by atoms with Gasteiger partial charge in [-0.05, 0) is 44.2 Å². The second-order valence-corrected chi connectivity index (χ2v) is 6.06. The van der Waals surface area contributed by atoms with Gasteiger partial charge < -0.3 is 9.88 Å². The number of hydrogen-bond acceptors (Lipinski definition) is 1. The fourth-order valence-electron chi connectivity index (χ4n) is 3.15. The van der Waals surface area contributed by atoms with Gasteiger partial charge in [-0.2, -0.15) is 0 Å². The second-order valence-electron chi connectivity index (χ2n) is 6.06. The normalized spacial score (nSPS) is 25.1. The Morgan fingerprint density at radius 2 is 1.94 bits per heavy atom. The summed E-state index contributed by atoms with van der Waals surface area (Å²) in [4.78, 5) is 0. The topological polar surface area (TPSA) is 17.0 Å². The summed E-state index contributed by atoms with van der Waals surface area (Å²) in [5.74, 6) is 0.831. The van der Waals surface area contributed by atoms with Gasteiger partial charge in [0.15, 0.2) is 0 Å². The summed E-state index contributed by atoms with van der Waals surface area (Å²) in [5, 5.41) is 3.80. The lowest BCUT2D eigenvalue weighted by atomic mass is 9.97. The van der Waals surface area contributed by atoms with Crippen molar-refractivity contribution in [2.45, 2.75) is 65.5 Å². The predicted molar refractivity (Wildman–Crippen MR) is 77.8 cm³/mol. The van der Waals surface area contributed by atoms with Crippen LogP contribution in [0.3, 0.4) is 0 Å². The van der Waals surface area contributed by atoms with Crippen LogP contribution in [0.2, 0.25) is 0 Å². The van der Waals surface area contributed by atoms with Crippen molar-refractivity contribution in [3.63, 3.8) is 0 Å². The summed E-state index contributed by atoms with van der Waals surface area (Å²) in [6.07, 6.45) is 6.99. The number of nitrogens with zero attached hydrogens (tertiary/aromatic N) is 1. The first kappa shape index (κ1) is 13.7. The molecule has 1 aliphatic rings. The highest BCUT2D eigenvalue weighted by atomic mass is 15.0. The van der Waals surface area contributed by atoms with Gasteiger partial charge in [0.25, 0.3) is 0 Å². The molecule has 1 heterocycles. The molecule has 0 spiro atoms. The van der Waals surface area contributed by atoms with Gasteiger partial charge in [-0.1, -0.05) is 26.2 Å². The number of hydrogen-bond donors (Lipinski definition) is 1. The fraction of sp³-hybridized carbons (Fsp3) is 0.750. The van der Waals surface area contributed by atoms with E-state index in [-0.39, 0.29) is 0 Å². The molecular weight excluding hydrogens is 220 g/mol.